The molecule has 0 bridgehead atoms. The third-order valence-corrected chi connectivity index (χ3v) is 8.25. The number of carboxylic acid groups (broad SMARTS) is 1. The summed E-state index contributed by atoms with van der Waals surface area (Å²) in [5.41, 5.74) is 6.05. The lowest BCUT2D eigenvalue weighted by Crippen LogP contribution is -2.30. The van der Waals surface area contributed by atoms with E-state index in [9.17, 15) is 22.8 Å². The van der Waals surface area contributed by atoms with E-state index in [1.165, 1.54) is 60.0 Å². The zero-order valence-electron chi connectivity index (χ0n) is 24.2. The highest BCUT2D eigenvalue weighted by Gasteiger charge is 2.31. The van der Waals surface area contributed by atoms with Gasteiger partial charge in [0.05, 0.1) is 18.7 Å². The zero-order valence-corrected chi connectivity index (χ0v) is 25.0. The van der Waals surface area contributed by atoms with Crippen molar-refractivity contribution in [1.29, 1.82) is 0 Å². The second kappa shape index (κ2) is 14.5. The Hall–Kier alpha value is -4.58. The van der Waals surface area contributed by atoms with Crippen molar-refractivity contribution >= 4 is 45.8 Å². The first-order chi connectivity index (χ1) is 21.6. The van der Waals surface area contributed by atoms with E-state index in [1.807, 2.05) is 17.0 Å². The molecular weight excluding hydrogens is 605 g/mol. The van der Waals surface area contributed by atoms with Crippen LogP contribution in [0, 0.1) is 0 Å². The van der Waals surface area contributed by atoms with E-state index in [2.05, 4.69) is 50.6 Å². The lowest BCUT2D eigenvalue weighted by atomic mass is 9.93. The van der Waals surface area contributed by atoms with Gasteiger partial charge in [0.1, 0.15) is 5.75 Å². The molecule has 1 aliphatic heterocycles. The van der Waals surface area contributed by atoms with Crippen molar-refractivity contribution in [2.24, 2.45) is 10.2 Å². The number of nitrogens with zero attached hydrogens (tertiary/aromatic N) is 3. The van der Waals surface area contributed by atoms with Gasteiger partial charge < -0.3 is 20.1 Å². The number of aliphatic carboxylic acids is 1. The molecule has 0 spiro atoms. The number of hydrogen-bond donors (Lipinski definition) is 2. The molecule has 2 N–H and O–H groups in total. The maximum absolute atomic E-state index is 12.5. The molecule has 0 aromatic heterocycles. The Labute approximate surface area is 262 Å². The molecule has 1 aliphatic carbocycles. The molecule has 45 heavy (non-hydrogen) atoms. The van der Waals surface area contributed by atoms with Gasteiger partial charge in [0.2, 0.25) is 0 Å². The number of benzene rings is 3. The number of halogens is 3. The van der Waals surface area contributed by atoms with E-state index in [1.54, 1.807) is 12.1 Å². The standard InChI is InChI=1S/C33H31F3N4O4S/c34-33(35,36)44-28-16-12-25(13-17-28)29-21-45-32(39-38-29)40(27-14-10-24(11-15-27)23-4-2-1-3-5-23)20-22-6-8-26(9-7-22)31(43)37-19-18-30(41)42/h4,6-17H,1-3,5,18-21H2,(H,37,43)(H,41,42). The highest BCUT2D eigenvalue weighted by atomic mass is 32.2. The average molecular weight is 637 g/mol. The first-order valence-corrected chi connectivity index (χ1v) is 15.4. The molecule has 8 nitrogen and oxygen atoms in total. The van der Waals surface area contributed by atoms with Crippen LogP contribution >= 0.6 is 11.8 Å². The fourth-order valence-electron chi connectivity index (χ4n) is 4.97. The summed E-state index contributed by atoms with van der Waals surface area (Å²) in [4.78, 5) is 25.2. The monoisotopic (exact) mass is 636 g/mol. The molecule has 0 atom stereocenters. The number of nitrogens with one attached hydrogen (secondary N) is 1. The number of ether oxygens (including phenoxy) is 1. The van der Waals surface area contributed by atoms with Gasteiger partial charge in [0.25, 0.3) is 5.91 Å². The van der Waals surface area contributed by atoms with Crippen molar-refractivity contribution < 1.29 is 32.6 Å². The number of hydrogen-bond acceptors (Lipinski definition) is 7. The van der Waals surface area contributed by atoms with Gasteiger partial charge in [0, 0.05) is 23.5 Å². The summed E-state index contributed by atoms with van der Waals surface area (Å²) in [6, 6.07) is 20.9. The first-order valence-electron chi connectivity index (χ1n) is 14.4. The van der Waals surface area contributed by atoms with E-state index in [4.69, 9.17) is 5.11 Å². The Morgan fingerprint density at radius 1 is 0.933 bits per heavy atom. The normalized spacial score (nSPS) is 15.0. The number of amidine groups is 1. The molecule has 1 heterocycles. The number of thioether (sulfide) groups is 1. The van der Waals surface area contributed by atoms with Crippen LogP contribution < -0.4 is 15.0 Å². The average Bonchev–Trinajstić information content (AvgIpc) is 3.04. The van der Waals surface area contributed by atoms with Gasteiger partial charge in [0.15, 0.2) is 5.17 Å². The van der Waals surface area contributed by atoms with E-state index in [0.29, 0.717) is 34.3 Å². The number of amides is 1. The molecule has 2 aliphatic rings. The molecule has 234 valence electrons. The predicted molar refractivity (Wildman–Crippen MR) is 170 cm³/mol. The van der Waals surface area contributed by atoms with Gasteiger partial charge in [-0.1, -0.05) is 42.1 Å². The molecule has 0 unspecified atom stereocenters. The van der Waals surface area contributed by atoms with Crippen molar-refractivity contribution in [2.45, 2.75) is 45.0 Å². The van der Waals surface area contributed by atoms with Crippen LogP contribution in [0.2, 0.25) is 0 Å². The van der Waals surface area contributed by atoms with Crippen LogP contribution in [-0.4, -0.2) is 46.5 Å². The zero-order chi connectivity index (χ0) is 31.8. The fourth-order valence-corrected chi connectivity index (χ4v) is 5.88. The second-order valence-corrected chi connectivity index (χ2v) is 11.4. The van der Waals surface area contributed by atoms with Gasteiger partial charge in [-0.2, -0.15) is 5.10 Å². The summed E-state index contributed by atoms with van der Waals surface area (Å²) in [5, 5.41) is 21.0. The number of rotatable bonds is 10. The summed E-state index contributed by atoms with van der Waals surface area (Å²) in [6.45, 7) is 0.477. The summed E-state index contributed by atoms with van der Waals surface area (Å²) >= 11 is 1.46. The molecule has 0 saturated carbocycles. The SMILES string of the molecule is O=C(O)CCNC(=O)c1ccc(CN(C2=NN=C(c3ccc(OC(F)(F)F)cc3)CS2)c2ccc(C3=CCCCC3)cc2)cc1. The minimum atomic E-state index is -4.76. The van der Waals surface area contributed by atoms with Crippen molar-refractivity contribution in [1.82, 2.24) is 5.32 Å². The molecule has 3 aromatic rings. The first kappa shape index (κ1) is 31.8. The van der Waals surface area contributed by atoms with Crippen LogP contribution in [0.5, 0.6) is 5.75 Å². The minimum Gasteiger partial charge on any atom is -0.481 e. The lowest BCUT2D eigenvalue weighted by Gasteiger charge is -2.27. The maximum Gasteiger partial charge on any atom is 0.573 e. The van der Waals surface area contributed by atoms with Gasteiger partial charge in [-0.05, 0) is 96.5 Å². The smallest absolute Gasteiger partial charge is 0.481 e. The third-order valence-electron chi connectivity index (χ3n) is 7.27. The third kappa shape index (κ3) is 8.98. The molecule has 1 amide bonds. The van der Waals surface area contributed by atoms with Gasteiger partial charge in [-0.25, -0.2) is 0 Å². The van der Waals surface area contributed by atoms with Crippen molar-refractivity contribution in [3.05, 3.63) is 101 Å². The maximum atomic E-state index is 12.5. The number of carbonyl (C=O) groups excluding carboxylic acids is 1. The number of carboxylic acids is 1. The van der Waals surface area contributed by atoms with E-state index < -0.39 is 12.3 Å². The molecule has 5 rings (SSSR count). The van der Waals surface area contributed by atoms with Crippen LogP contribution in [0.4, 0.5) is 18.9 Å². The van der Waals surface area contributed by atoms with Crippen LogP contribution in [0.25, 0.3) is 5.57 Å². The van der Waals surface area contributed by atoms with Crippen molar-refractivity contribution in [3.8, 4) is 5.75 Å². The highest BCUT2D eigenvalue weighted by molar-refractivity contribution is 8.14. The molecular formula is C33H31F3N4O4S. The predicted octanol–water partition coefficient (Wildman–Crippen LogP) is 7.26. The highest BCUT2D eigenvalue weighted by Crippen LogP contribution is 2.31. The largest absolute Gasteiger partial charge is 0.573 e. The van der Waals surface area contributed by atoms with Gasteiger partial charge in [-0.3, -0.25) is 9.59 Å². The summed E-state index contributed by atoms with van der Waals surface area (Å²) in [6.07, 6.45) is 1.92. The number of anilines is 1. The van der Waals surface area contributed by atoms with Crippen LogP contribution in [0.1, 0.15) is 59.2 Å². The number of alkyl halides is 3. The number of carbonyl (C=O) groups is 2. The van der Waals surface area contributed by atoms with Gasteiger partial charge in [-0.15, -0.1) is 18.3 Å². The van der Waals surface area contributed by atoms with Crippen molar-refractivity contribution in [3.63, 3.8) is 0 Å². The Morgan fingerprint density at radius 3 is 2.24 bits per heavy atom. The minimum absolute atomic E-state index is 0.0433. The summed E-state index contributed by atoms with van der Waals surface area (Å²) in [5.74, 6) is -1.18. The Bertz CT molecular complexity index is 1600. The van der Waals surface area contributed by atoms with E-state index in [-0.39, 0.29) is 24.6 Å². The molecule has 0 radical (unpaired) electrons. The molecule has 0 saturated heterocycles. The molecule has 0 fully saturated rings. The van der Waals surface area contributed by atoms with Gasteiger partial charge >= 0.3 is 12.3 Å². The Balaban J connectivity index is 1.36. The molecule has 12 heteroatoms. The Morgan fingerprint density at radius 2 is 1.64 bits per heavy atom. The number of allylic oxidation sites excluding steroid dienone is 2. The Kier molecular flexibility index (Phi) is 10.2. The quantitative estimate of drug-likeness (QED) is 0.243. The summed E-state index contributed by atoms with van der Waals surface area (Å²) < 4.78 is 41.6. The van der Waals surface area contributed by atoms with Crippen LogP contribution in [0.15, 0.2) is 89.1 Å². The van der Waals surface area contributed by atoms with Crippen molar-refractivity contribution in [2.75, 3.05) is 17.2 Å². The van der Waals surface area contributed by atoms with E-state index >= 15 is 0 Å². The van der Waals surface area contributed by atoms with E-state index in [0.717, 1.165) is 24.1 Å². The summed E-state index contributed by atoms with van der Waals surface area (Å²) in [7, 11) is 0. The topological polar surface area (TPSA) is 104 Å². The molecule has 3 aromatic carbocycles. The van der Waals surface area contributed by atoms with Crippen LogP contribution in [-0.2, 0) is 11.3 Å². The second-order valence-electron chi connectivity index (χ2n) is 10.5. The fraction of sp³-hybridized carbons (Fsp3) is 0.273. The van der Waals surface area contributed by atoms with Crippen LogP contribution in [0.3, 0.4) is 0 Å². The lowest BCUT2D eigenvalue weighted by molar-refractivity contribution is -0.274.